The minimum absolute atomic E-state index is 0.520. The van der Waals surface area contributed by atoms with Crippen molar-refractivity contribution in [3.63, 3.8) is 0 Å². The quantitative estimate of drug-likeness (QED) is 0.721. The zero-order valence-corrected chi connectivity index (χ0v) is 8.04. The van der Waals surface area contributed by atoms with E-state index in [1.54, 1.807) is 0 Å². The van der Waals surface area contributed by atoms with Gasteiger partial charge in [-0.15, -0.1) is 0 Å². The van der Waals surface area contributed by atoms with E-state index in [4.69, 9.17) is 5.73 Å². The third-order valence-electron chi connectivity index (χ3n) is 1.78. The highest BCUT2D eigenvalue weighted by atomic mass is 14.8. The first kappa shape index (κ1) is 9.74. The summed E-state index contributed by atoms with van der Waals surface area (Å²) in [6.45, 7) is 2.54. The summed E-state index contributed by atoms with van der Waals surface area (Å²) in [5.41, 5.74) is 8.90. The lowest BCUT2D eigenvalue weighted by Gasteiger charge is -2.04. The zero-order chi connectivity index (χ0) is 9.68. The molecule has 0 amide bonds. The molecule has 70 valence electrons. The lowest BCUT2D eigenvalue weighted by atomic mass is 10.1. The lowest BCUT2D eigenvalue weighted by Crippen LogP contribution is -2.06. The predicted molar refractivity (Wildman–Crippen MR) is 55.1 cm³/mol. The predicted octanol–water partition coefficient (Wildman–Crippen LogP) is 0.909. The van der Waals surface area contributed by atoms with Crippen LogP contribution in [0, 0.1) is 6.92 Å². The molecule has 3 nitrogen and oxygen atoms in total. The SMILES string of the molecule is CN/C=C(\CN)c1cncc(C)c1. The third-order valence-corrected chi connectivity index (χ3v) is 1.78. The molecule has 0 atom stereocenters. The van der Waals surface area contributed by atoms with Crippen LogP contribution in [0.3, 0.4) is 0 Å². The molecule has 1 aromatic heterocycles. The van der Waals surface area contributed by atoms with Crippen LogP contribution in [0.25, 0.3) is 5.57 Å². The van der Waals surface area contributed by atoms with Crippen molar-refractivity contribution in [3.05, 3.63) is 35.8 Å². The summed E-state index contributed by atoms with van der Waals surface area (Å²) in [5.74, 6) is 0. The number of hydrogen-bond donors (Lipinski definition) is 2. The Morgan fingerprint density at radius 2 is 2.38 bits per heavy atom. The fourth-order valence-corrected chi connectivity index (χ4v) is 1.16. The fourth-order valence-electron chi connectivity index (χ4n) is 1.16. The van der Waals surface area contributed by atoms with E-state index in [2.05, 4.69) is 16.4 Å². The van der Waals surface area contributed by atoms with Gasteiger partial charge in [0, 0.05) is 32.2 Å². The number of nitrogens with one attached hydrogen (secondary N) is 1. The molecule has 0 fully saturated rings. The Balaban J connectivity index is 2.98. The molecule has 0 radical (unpaired) electrons. The monoisotopic (exact) mass is 177 g/mol. The molecule has 0 saturated heterocycles. The Bertz CT molecular complexity index is 305. The van der Waals surface area contributed by atoms with Crippen LogP contribution in [-0.2, 0) is 0 Å². The molecule has 0 aliphatic heterocycles. The Hall–Kier alpha value is -1.35. The van der Waals surface area contributed by atoms with Crippen LogP contribution in [0.15, 0.2) is 24.7 Å². The average molecular weight is 177 g/mol. The fraction of sp³-hybridized carbons (Fsp3) is 0.300. The minimum atomic E-state index is 0.520. The molecule has 1 aromatic rings. The summed E-state index contributed by atoms with van der Waals surface area (Å²) in [4.78, 5) is 4.11. The maximum absolute atomic E-state index is 5.60. The molecule has 0 aromatic carbocycles. The second-order valence-corrected chi connectivity index (χ2v) is 2.91. The Labute approximate surface area is 78.7 Å². The summed E-state index contributed by atoms with van der Waals surface area (Å²) in [5, 5.41) is 2.97. The summed E-state index contributed by atoms with van der Waals surface area (Å²) < 4.78 is 0. The van der Waals surface area contributed by atoms with E-state index in [-0.39, 0.29) is 0 Å². The number of pyridine rings is 1. The Kier molecular flexibility index (Phi) is 3.46. The van der Waals surface area contributed by atoms with Gasteiger partial charge >= 0.3 is 0 Å². The van der Waals surface area contributed by atoms with E-state index in [0.29, 0.717) is 6.54 Å². The number of rotatable bonds is 3. The number of nitrogens with two attached hydrogens (primary N) is 1. The average Bonchev–Trinajstić information content (AvgIpc) is 2.14. The summed E-state index contributed by atoms with van der Waals surface area (Å²) in [6, 6.07) is 2.07. The molecule has 0 aliphatic rings. The van der Waals surface area contributed by atoms with E-state index in [1.807, 2.05) is 32.6 Å². The smallest absolute Gasteiger partial charge is 0.0344 e. The zero-order valence-electron chi connectivity index (χ0n) is 8.04. The third kappa shape index (κ3) is 2.56. The number of nitrogens with zero attached hydrogens (tertiary/aromatic N) is 1. The highest BCUT2D eigenvalue weighted by Crippen LogP contribution is 2.11. The molecule has 0 bridgehead atoms. The van der Waals surface area contributed by atoms with Crippen molar-refractivity contribution < 1.29 is 0 Å². The first-order valence-corrected chi connectivity index (χ1v) is 4.26. The van der Waals surface area contributed by atoms with Crippen LogP contribution in [0.5, 0.6) is 0 Å². The first-order chi connectivity index (χ1) is 6.27. The van der Waals surface area contributed by atoms with Gasteiger partial charge in [0.1, 0.15) is 0 Å². The van der Waals surface area contributed by atoms with Gasteiger partial charge in [-0.1, -0.05) is 0 Å². The van der Waals surface area contributed by atoms with E-state index >= 15 is 0 Å². The minimum Gasteiger partial charge on any atom is -0.394 e. The van der Waals surface area contributed by atoms with Crippen molar-refractivity contribution in [2.24, 2.45) is 5.73 Å². The molecule has 0 saturated carbocycles. The van der Waals surface area contributed by atoms with E-state index in [9.17, 15) is 0 Å². The van der Waals surface area contributed by atoms with Gasteiger partial charge in [0.05, 0.1) is 0 Å². The van der Waals surface area contributed by atoms with E-state index in [0.717, 1.165) is 16.7 Å². The number of hydrogen-bond acceptors (Lipinski definition) is 3. The molecule has 1 rings (SSSR count). The first-order valence-electron chi connectivity index (χ1n) is 4.26. The van der Waals surface area contributed by atoms with Gasteiger partial charge in [-0.2, -0.15) is 0 Å². The van der Waals surface area contributed by atoms with Crippen molar-refractivity contribution in [2.75, 3.05) is 13.6 Å². The lowest BCUT2D eigenvalue weighted by molar-refractivity contribution is 1.09. The Morgan fingerprint density at radius 3 is 2.92 bits per heavy atom. The van der Waals surface area contributed by atoms with Crippen LogP contribution < -0.4 is 11.1 Å². The van der Waals surface area contributed by atoms with Crippen molar-refractivity contribution >= 4 is 5.57 Å². The summed E-state index contributed by atoms with van der Waals surface area (Å²) in [7, 11) is 1.86. The Morgan fingerprint density at radius 1 is 1.62 bits per heavy atom. The molecule has 13 heavy (non-hydrogen) atoms. The van der Waals surface area contributed by atoms with Gasteiger partial charge in [0.25, 0.3) is 0 Å². The van der Waals surface area contributed by atoms with Gasteiger partial charge in [0.2, 0.25) is 0 Å². The van der Waals surface area contributed by atoms with Crippen molar-refractivity contribution in [1.29, 1.82) is 0 Å². The van der Waals surface area contributed by atoms with Crippen molar-refractivity contribution in [3.8, 4) is 0 Å². The summed E-state index contributed by atoms with van der Waals surface area (Å²) in [6.07, 6.45) is 5.55. The normalized spacial score (nSPS) is 11.5. The van der Waals surface area contributed by atoms with Crippen LogP contribution in [0.4, 0.5) is 0 Å². The largest absolute Gasteiger partial charge is 0.394 e. The number of aromatic nitrogens is 1. The van der Waals surface area contributed by atoms with Gasteiger partial charge in [0.15, 0.2) is 0 Å². The van der Waals surface area contributed by atoms with Gasteiger partial charge in [-0.25, -0.2) is 0 Å². The van der Waals surface area contributed by atoms with Gasteiger partial charge in [-0.3, -0.25) is 4.98 Å². The van der Waals surface area contributed by atoms with Crippen LogP contribution >= 0.6 is 0 Å². The topological polar surface area (TPSA) is 50.9 Å². The molecule has 0 unspecified atom stereocenters. The second-order valence-electron chi connectivity index (χ2n) is 2.91. The van der Waals surface area contributed by atoms with E-state index < -0.39 is 0 Å². The maximum atomic E-state index is 5.60. The molecule has 3 N–H and O–H groups in total. The molecule has 0 aliphatic carbocycles. The van der Waals surface area contributed by atoms with E-state index in [1.165, 1.54) is 0 Å². The maximum Gasteiger partial charge on any atom is 0.0344 e. The number of aryl methyl sites for hydroxylation is 1. The highest BCUT2D eigenvalue weighted by Gasteiger charge is 1.98. The van der Waals surface area contributed by atoms with Crippen LogP contribution in [0.2, 0.25) is 0 Å². The highest BCUT2D eigenvalue weighted by molar-refractivity contribution is 5.66. The standard InChI is InChI=1S/C10H15N3/c1-8-3-9(7-13-5-8)10(4-11)6-12-2/h3,5-7,12H,4,11H2,1-2H3/b10-6+. The van der Waals surface area contributed by atoms with Crippen LogP contribution in [0.1, 0.15) is 11.1 Å². The van der Waals surface area contributed by atoms with Crippen molar-refractivity contribution in [1.82, 2.24) is 10.3 Å². The molecule has 0 spiro atoms. The molecule has 1 heterocycles. The van der Waals surface area contributed by atoms with Gasteiger partial charge < -0.3 is 11.1 Å². The molecule has 3 heteroatoms. The summed E-state index contributed by atoms with van der Waals surface area (Å²) >= 11 is 0. The van der Waals surface area contributed by atoms with Crippen LogP contribution in [-0.4, -0.2) is 18.6 Å². The molecular weight excluding hydrogens is 162 g/mol. The molecular formula is C10H15N3. The van der Waals surface area contributed by atoms with Crippen molar-refractivity contribution in [2.45, 2.75) is 6.92 Å². The van der Waals surface area contributed by atoms with Gasteiger partial charge in [-0.05, 0) is 29.7 Å². The second kappa shape index (κ2) is 4.62.